The molecule has 140 valence electrons. The monoisotopic (exact) mass is 375 g/mol. The van der Waals surface area contributed by atoms with E-state index >= 15 is 0 Å². The predicted octanol–water partition coefficient (Wildman–Crippen LogP) is 3.52. The van der Waals surface area contributed by atoms with Crippen LogP contribution in [0, 0.1) is 17.0 Å². The van der Waals surface area contributed by atoms with Crippen LogP contribution in [-0.4, -0.2) is 20.8 Å². The lowest BCUT2D eigenvalue weighted by molar-refractivity contribution is -0.384. The number of hydrogen-bond donors (Lipinski definition) is 2. The smallest absolute Gasteiger partial charge is 0.270 e. The van der Waals surface area contributed by atoms with Gasteiger partial charge in [0.2, 0.25) is 0 Å². The number of nitro benzene ring substituents is 1. The van der Waals surface area contributed by atoms with E-state index in [0.29, 0.717) is 17.0 Å². The average molecular weight is 375 g/mol. The van der Waals surface area contributed by atoms with E-state index in [-0.39, 0.29) is 11.6 Å². The number of carbonyl (C=O) groups excluding carboxylic acids is 1. The van der Waals surface area contributed by atoms with Crippen molar-refractivity contribution in [3.63, 3.8) is 0 Å². The molecule has 2 N–H and O–H groups in total. The molecule has 0 unspecified atom stereocenters. The molecule has 0 atom stereocenters. The van der Waals surface area contributed by atoms with Crippen LogP contribution in [0.5, 0.6) is 0 Å². The first kappa shape index (κ1) is 18.7. The minimum absolute atomic E-state index is 0.0252. The summed E-state index contributed by atoms with van der Waals surface area (Å²) in [6, 6.07) is 13.7. The molecule has 0 saturated heterocycles. The van der Waals surface area contributed by atoms with Gasteiger partial charge in [0, 0.05) is 41.7 Å². The molecule has 0 saturated carbocycles. The van der Waals surface area contributed by atoms with E-state index in [1.807, 2.05) is 31.2 Å². The number of nitro groups is 1. The minimum Gasteiger partial charge on any atom is -0.298 e. The van der Waals surface area contributed by atoms with Gasteiger partial charge in [0.15, 0.2) is 5.82 Å². The summed E-state index contributed by atoms with van der Waals surface area (Å²) in [5.41, 5.74) is 8.43. The third-order valence-corrected chi connectivity index (χ3v) is 3.80. The lowest BCUT2D eigenvalue weighted by Crippen LogP contribution is -2.27. The lowest BCUT2D eigenvalue weighted by Gasteiger charge is -2.06. The summed E-state index contributed by atoms with van der Waals surface area (Å²) in [7, 11) is 0. The number of carbonyl (C=O) groups is 1. The maximum atomic E-state index is 11.9. The average Bonchev–Trinajstić information content (AvgIpc) is 2.72. The quantitative estimate of drug-likeness (QED) is 0.387. The molecule has 2 aromatic carbocycles. The number of anilines is 1. The summed E-state index contributed by atoms with van der Waals surface area (Å²) in [5.74, 6) is 0.0367. The molecule has 8 heteroatoms. The van der Waals surface area contributed by atoms with Crippen LogP contribution < -0.4 is 10.9 Å². The molecule has 0 aliphatic heterocycles. The fraction of sp³-hybridized carbons (Fsp3) is 0.0500. The molecular weight excluding hydrogens is 358 g/mol. The molecule has 0 aliphatic rings. The molecule has 1 aromatic heterocycles. The summed E-state index contributed by atoms with van der Waals surface area (Å²) >= 11 is 0. The third-order valence-electron chi connectivity index (χ3n) is 3.80. The Hall–Kier alpha value is -4.07. The second kappa shape index (κ2) is 8.54. The second-order valence-corrected chi connectivity index (χ2v) is 5.96. The van der Waals surface area contributed by atoms with E-state index in [2.05, 4.69) is 20.8 Å². The SMILES string of the molecule is Cc1ccc(NNC(=O)/C=C/c2cnc(-c3cccc([N+](=O)[O-])c3)nc2)cc1. The number of amides is 1. The van der Waals surface area contributed by atoms with Crippen molar-refractivity contribution in [2.75, 3.05) is 5.43 Å². The van der Waals surface area contributed by atoms with Crippen LogP contribution in [0.25, 0.3) is 17.5 Å². The number of aryl methyl sites for hydroxylation is 1. The van der Waals surface area contributed by atoms with Gasteiger partial charge in [-0.3, -0.25) is 25.8 Å². The van der Waals surface area contributed by atoms with Crippen LogP contribution in [0.3, 0.4) is 0 Å². The van der Waals surface area contributed by atoms with Gasteiger partial charge in [-0.1, -0.05) is 29.8 Å². The van der Waals surface area contributed by atoms with Gasteiger partial charge in [0.05, 0.1) is 10.6 Å². The zero-order chi connectivity index (χ0) is 19.9. The van der Waals surface area contributed by atoms with Crippen molar-refractivity contribution in [1.82, 2.24) is 15.4 Å². The number of hydrazine groups is 1. The summed E-state index contributed by atoms with van der Waals surface area (Å²) in [6.07, 6.45) is 6.01. The van der Waals surface area contributed by atoms with Gasteiger partial charge in [-0.05, 0) is 25.1 Å². The van der Waals surface area contributed by atoms with Crippen LogP contribution in [0.4, 0.5) is 11.4 Å². The standard InChI is InChI=1S/C20H17N5O3/c1-14-5-8-17(9-6-14)23-24-19(26)10-7-15-12-21-20(22-13-15)16-3-2-4-18(11-16)25(27)28/h2-13,23H,1H3,(H,24,26)/b10-7+. The Morgan fingerprint density at radius 1 is 1.11 bits per heavy atom. The number of non-ortho nitro benzene ring substituents is 1. The number of nitrogens with zero attached hydrogens (tertiary/aromatic N) is 3. The second-order valence-electron chi connectivity index (χ2n) is 5.96. The Labute approximate surface area is 161 Å². The zero-order valence-corrected chi connectivity index (χ0v) is 15.0. The predicted molar refractivity (Wildman–Crippen MR) is 106 cm³/mol. The normalized spacial score (nSPS) is 10.6. The molecule has 1 amide bonds. The lowest BCUT2D eigenvalue weighted by atomic mass is 10.2. The van der Waals surface area contributed by atoms with Crippen LogP contribution in [0.1, 0.15) is 11.1 Å². The Balaban J connectivity index is 1.60. The van der Waals surface area contributed by atoms with Crippen molar-refractivity contribution in [3.05, 3.63) is 88.2 Å². The first-order valence-electron chi connectivity index (χ1n) is 8.39. The van der Waals surface area contributed by atoms with Gasteiger partial charge in [-0.2, -0.15) is 0 Å². The van der Waals surface area contributed by atoms with Crippen molar-refractivity contribution in [2.45, 2.75) is 6.92 Å². The van der Waals surface area contributed by atoms with Crippen molar-refractivity contribution in [1.29, 1.82) is 0 Å². The largest absolute Gasteiger partial charge is 0.298 e. The van der Waals surface area contributed by atoms with Gasteiger partial charge in [-0.15, -0.1) is 0 Å². The molecular formula is C20H17N5O3. The van der Waals surface area contributed by atoms with Crippen molar-refractivity contribution < 1.29 is 9.72 Å². The summed E-state index contributed by atoms with van der Waals surface area (Å²) in [4.78, 5) is 30.7. The first-order chi connectivity index (χ1) is 13.5. The highest BCUT2D eigenvalue weighted by molar-refractivity contribution is 5.92. The number of benzene rings is 2. The topological polar surface area (TPSA) is 110 Å². The molecule has 8 nitrogen and oxygen atoms in total. The molecule has 1 heterocycles. The molecule has 28 heavy (non-hydrogen) atoms. The molecule has 0 fully saturated rings. The van der Waals surface area contributed by atoms with Crippen molar-refractivity contribution in [2.24, 2.45) is 0 Å². The van der Waals surface area contributed by atoms with E-state index in [0.717, 1.165) is 11.3 Å². The molecule has 3 rings (SSSR count). The summed E-state index contributed by atoms with van der Waals surface area (Å²) in [5, 5.41) is 10.9. The van der Waals surface area contributed by atoms with Crippen LogP contribution in [0.2, 0.25) is 0 Å². The van der Waals surface area contributed by atoms with E-state index in [4.69, 9.17) is 0 Å². The molecule has 0 spiro atoms. The van der Waals surface area contributed by atoms with Crippen LogP contribution in [0.15, 0.2) is 67.0 Å². The Morgan fingerprint density at radius 2 is 1.82 bits per heavy atom. The Bertz CT molecular complexity index is 1010. The fourth-order valence-corrected chi connectivity index (χ4v) is 2.32. The molecule has 0 aliphatic carbocycles. The van der Waals surface area contributed by atoms with Crippen molar-refractivity contribution >= 4 is 23.4 Å². The van der Waals surface area contributed by atoms with E-state index in [9.17, 15) is 14.9 Å². The van der Waals surface area contributed by atoms with E-state index in [1.54, 1.807) is 30.6 Å². The highest BCUT2D eigenvalue weighted by Crippen LogP contribution is 2.20. The summed E-state index contributed by atoms with van der Waals surface area (Å²) < 4.78 is 0. The number of nitrogens with one attached hydrogen (secondary N) is 2. The van der Waals surface area contributed by atoms with Gasteiger partial charge in [-0.25, -0.2) is 9.97 Å². The zero-order valence-electron chi connectivity index (χ0n) is 15.0. The minimum atomic E-state index is -0.468. The maximum absolute atomic E-state index is 11.9. The highest BCUT2D eigenvalue weighted by Gasteiger charge is 2.08. The first-order valence-corrected chi connectivity index (χ1v) is 8.39. The number of hydrogen-bond acceptors (Lipinski definition) is 6. The fourth-order valence-electron chi connectivity index (χ4n) is 2.32. The number of rotatable bonds is 6. The highest BCUT2D eigenvalue weighted by atomic mass is 16.6. The van der Waals surface area contributed by atoms with E-state index in [1.165, 1.54) is 18.2 Å². The number of aromatic nitrogens is 2. The summed E-state index contributed by atoms with van der Waals surface area (Å²) in [6.45, 7) is 1.98. The molecule has 0 bridgehead atoms. The third kappa shape index (κ3) is 4.98. The van der Waals surface area contributed by atoms with E-state index < -0.39 is 4.92 Å². The Kier molecular flexibility index (Phi) is 5.71. The van der Waals surface area contributed by atoms with Gasteiger partial charge >= 0.3 is 0 Å². The molecule has 3 aromatic rings. The van der Waals surface area contributed by atoms with Gasteiger partial charge in [0.25, 0.3) is 11.6 Å². The Morgan fingerprint density at radius 3 is 2.50 bits per heavy atom. The van der Waals surface area contributed by atoms with Gasteiger partial charge < -0.3 is 0 Å². The van der Waals surface area contributed by atoms with Crippen LogP contribution in [-0.2, 0) is 4.79 Å². The molecule has 0 radical (unpaired) electrons. The van der Waals surface area contributed by atoms with Gasteiger partial charge in [0.1, 0.15) is 0 Å². The van der Waals surface area contributed by atoms with Crippen LogP contribution >= 0.6 is 0 Å². The van der Waals surface area contributed by atoms with Crippen molar-refractivity contribution in [3.8, 4) is 11.4 Å². The maximum Gasteiger partial charge on any atom is 0.270 e.